The Kier molecular flexibility index (Phi) is 8.03. The number of carbonyl (C=O) groups excluding carboxylic acids is 1. The van der Waals surface area contributed by atoms with Crippen molar-refractivity contribution in [2.45, 2.75) is 25.2 Å². The van der Waals surface area contributed by atoms with Gasteiger partial charge in [-0.05, 0) is 73.8 Å². The predicted molar refractivity (Wildman–Crippen MR) is 128 cm³/mol. The van der Waals surface area contributed by atoms with Crippen LogP contribution in [0.3, 0.4) is 0 Å². The third-order valence-electron chi connectivity index (χ3n) is 4.45. The van der Waals surface area contributed by atoms with E-state index < -0.39 is 5.97 Å². The first-order valence-electron chi connectivity index (χ1n) is 9.95. The summed E-state index contributed by atoms with van der Waals surface area (Å²) in [6, 6.07) is 18.0. The number of carboxylic acids is 1. The van der Waals surface area contributed by atoms with Gasteiger partial charge in [-0.15, -0.1) is 0 Å². The van der Waals surface area contributed by atoms with Crippen molar-refractivity contribution in [3.8, 4) is 11.5 Å². The van der Waals surface area contributed by atoms with Gasteiger partial charge in [0.05, 0.1) is 17.1 Å². The molecule has 3 aromatic rings. The monoisotopic (exact) mass is 470 g/mol. The zero-order valence-electron chi connectivity index (χ0n) is 17.6. The second-order valence-electron chi connectivity index (χ2n) is 7.02. The van der Waals surface area contributed by atoms with E-state index in [1.165, 1.54) is 11.9 Å². The molecule has 0 radical (unpaired) electrons. The summed E-state index contributed by atoms with van der Waals surface area (Å²) in [7, 11) is 0. The van der Waals surface area contributed by atoms with Crippen molar-refractivity contribution in [1.82, 2.24) is 5.32 Å². The number of amides is 1. The van der Waals surface area contributed by atoms with Crippen LogP contribution in [0.5, 0.6) is 11.5 Å². The van der Waals surface area contributed by atoms with Crippen LogP contribution in [0.2, 0.25) is 5.02 Å². The van der Waals surface area contributed by atoms with E-state index in [1.807, 2.05) is 38.1 Å². The SMILES string of the molecule is CCNC(=O)c1ccc(Oc2ccc(CC(=O)O)cc2Cl)c(NSc2ccc(C)cc2)c1. The molecular weight excluding hydrogens is 448 g/mol. The zero-order valence-corrected chi connectivity index (χ0v) is 19.2. The summed E-state index contributed by atoms with van der Waals surface area (Å²) >= 11 is 7.71. The molecule has 0 fully saturated rings. The Morgan fingerprint density at radius 1 is 1.03 bits per heavy atom. The van der Waals surface area contributed by atoms with Crippen molar-refractivity contribution in [3.05, 3.63) is 82.4 Å². The first-order chi connectivity index (χ1) is 15.4. The number of benzene rings is 3. The van der Waals surface area contributed by atoms with Crippen LogP contribution in [0, 0.1) is 6.92 Å². The smallest absolute Gasteiger partial charge is 0.307 e. The predicted octanol–water partition coefficient (Wildman–Crippen LogP) is 5.94. The number of aliphatic carboxylic acids is 1. The summed E-state index contributed by atoms with van der Waals surface area (Å²) in [4.78, 5) is 24.2. The zero-order chi connectivity index (χ0) is 23.1. The first-order valence-corrected chi connectivity index (χ1v) is 11.1. The van der Waals surface area contributed by atoms with E-state index in [1.54, 1.807) is 36.4 Å². The van der Waals surface area contributed by atoms with Crippen molar-refractivity contribution in [3.63, 3.8) is 0 Å². The number of halogens is 1. The molecular formula is C24H23ClN2O4S. The molecule has 32 heavy (non-hydrogen) atoms. The molecule has 3 rings (SSSR count). The summed E-state index contributed by atoms with van der Waals surface area (Å²) in [5.74, 6) is -0.255. The number of nitrogens with one attached hydrogen (secondary N) is 2. The van der Waals surface area contributed by atoms with Gasteiger partial charge in [-0.3, -0.25) is 9.59 Å². The molecule has 166 valence electrons. The summed E-state index contributed by atoms with van der Waals surface area (Å²) < 4.78 is 9.27. The molecule has 0 atom stereocenters. The molecule has 0 aliphatic heterocycles. The largest absolute Gasteiger partial charge is 0.481 e. The molecule has 0 aromatic heterocycles. The molecule has 0 unspecified atom stereocenters. The van der Waals surface area contributed by atoms with Crippen molar-refractivity contribution >= 4 is 41.1 Å². The van der Waals surface area contributed by atoms with Gasteiger partial charge in [-0.1, -0.05) is 35.4 Å². The van der Waals surface area contributed by atoms with Gasteiger partial charge in [-0.25, -0.2) is 0 Å². The average Bonchev–Trinajstić information content (AvgIpc) is 2.75. The maximum absolute atomic E-state index is 12.3. The molecule has 3 N–H and O–H groups in total. The highest BCUT2D eigenvalue weighted by Gasteiger charge is 2.14. The number of carboxylic acid groups (broad SMARTS) is 1. The standard InChI is InChI=1S/C24H23ClN2O4S/c1-3-26-24(30)17-7-11-22(20(14-17)27-32-18-8-4-15(2)5-9-18)31-21-10-6-16(12-19(21)25)13-23(28)29/h4-12,14,27H,3,13H2,1-2H3,(H,26,30)(H,28,29). The summed E-state index contributed by atoms with van der Waals surface area (Å²) in [6.45, 7) is 4.41. The molecule has 0 saturated carbocycles. The fraction of sp³-hybridized carbons (Fsp3) is 0.167. The van der Waals surface area contributed by atoms with Crippen LogP contribution < -0.4 is 14.8 Å². The lowest BCUT2D eigenvalue weighted by molar-refractivity contribution is -0.136. The molecule has 0 heterocycles. The fourth-order valence-corrected chi connectivity index (χ4v) is 3.75. The minimum absolute atomic E-state index is 0.124. The molecule has 6 nitrogen and oxygen atoms in total. The molecule has 0 aliphatic rings. The summed E-state index contributed by atoms with van der Waals surface area (Å²) in [5, 5.41) is 12.0. The van der Waals surface area contributed by atoms with Crippen molar-refractivity contribution in [2.75, 3.05) is 11.3 Å². The average molecular weight is 471 g/mol. The molecule has 0 bridgehead atoms. The Bertz CT molecular complexity index is 1120. The third kappa shape index (κ3) is 6.42. The van der Waals surface area contributed by atoms with Gasteiger partial charge in [0.1, 0.15) is 5.75 Å². The van der Waals surface area contributed by atoms with Crippen LogP contribution in [0.1, 0.15) is 28.4 Å². The van der Waals surface area contributed by atoms with Crippen LogP contribution in [0.25, 0.3) is 0 Å². The van der Waals surface area contributed by atoms with Gasteiger partial charge in [0.2, 0.25) is 0 Å². The lowest BCUT2D eigenvalue weighted by Crippen LogP contribution is -2.22. The van der Waals surface area contributed by atoms with Gasteiger partial charge < -0.3 is 19.9 Å². The van der Waals surface area contributed by atoms with Crippen molar-refractivity contribution in [1.29, 1.82) is 0 Å². The lowest BCUT2D eigenvalue weighted by Gasteiger charge is -2.15. The lowest BCUT2D eigenvalue weighted by atomic mass is 10.1. The van der Waals surface area contributed by atoms with Crippen molar-refractivity contribution < 1.29 is 19.4 Å². The summed E-state index contributed by atoms with van der Waals surface area (Å²) in [6.07, 6.45) is -0.124. The van der Waals surface area contributed by atoms with Crippen molar-refractivity contribution in [2.24, 2.45) is 0 Å². The van der Waals surface area contributed by atoms with E-state index in [0.717, 1.165) is 10.5 Å². The first kappa shape index (κ1) is 23.5. The van der Waals surface area contributed by atoms with Gasteiger partial charge >= 0.3 is 5.97 Å². The number of aryl methyl sites for hydroxylation is 1. The Balaban J connectivity index is 1.87. The Hall–Kier alpha value is -3.16. The van der Waals surface area contributed by atoms with E-state index >= 15 is 0 Å². The second kappa shape index (κ2) is 10.9. The normalized spacial score (nSPS) is 10.5. The number of rotatable bonds is 9. The minimum Gasteiger partial charge on any atom is -0.481 e. The van der Waals surface area contributed by atoms with Gasteiger partial charge in [-0.2, -0.15) is 0 Å². The molecule has 1 amide bonds. The minimum atomic E-state index is -0.935. The highest BCUT2D eigenvalue weighted by atomic mass is 35.5. The number of anilines is 1. The number of ether oxygens (including phenoxy) is 1. The van der Waals surface area contributed by atoms with Crippen LogP contribution >= 0.6 is 23.5 Å². The molecule has 3 aromatic carbocycles. The Labute approximate surface area is 196 Å². The van der Waals surface area contributed by atoms with E-state index in [9.17, 15) is 9.59 Å². The molecule has 8 heteroatoms. The molecule has 0 saturated heterocycles. The van der Waals surface area contributed by atoms with Crippen LogP contribution in [-0.4, -0.2) is 23.5 Å². The van der Waals surface area contributed by atoms with Gasteiger partial charge in [0, 0.05) is 17.0 Å². The van der Waals surface area contributed by atoms with Gasteiger partial charge in [0.15, 0.2) is 5.75 Å². The van der Waals surface area contributed by atoms with Gasteiger partial charge in [0.25, 0.3) is 5.91 Å². The molecule has 0 spiro atoms. The number of hydrogen-bond acceptors (Lipinski definition) is 5. The van der Waals surface area contributed by atoms with Crippen LogP contribution in [0.4, 0.5) is 5.69 Å². The van der Waals surface area contributed by atoms with Crippen LogP contribution in [0.15, 0.2) is 65.6 Å². The topological polar surface area (TPSA) is 87.7 Å². The summed E-state index contributed by atoms with van der Waals surface area (Å²) in [5.41, 5.74) is 2.84. The highest BCUT2D eigenvalue weighted by molar-refractivity contribution is 8.00. The number of carbonyl (C=O) groups is 2. The maximum Gasteiger partial charge on any atom is 0.307 e. The van der Waals surface area contributed by atoms with Crippen LogP contribution in [-0.2, 0) is 11.2 Å². The number of hydrogen-bond donors (Lipinski definition) is 3. The van der Waals surface area contributed by atoms with E-state index in [4.69, 9.17) is 21.4 Å². The highest BCUT2D eigenvalue weighted by Crippen LogP contribution is 2.37. The fourth-order valence-electron chi connectivity index (χ4n) is 2.85. The van der Waals surface area contributed by atoms with E-state index in [0.29, 0.717) is 39.9 Å². The second-order valence-corrected chi connectivity index (χ2v) is 8.31. The third-order valence-corrected chi connectivity index (χ3v) is 5.58. The quantitative estimate of drug-likeness (QED) is 0.335. The van der Waals surface area contributed by atoms with E-state index in [-0.39, 0.29) is 12.3 Å². The molecule has 0 aliphatic carbocycles. The maximum atomic E-state index is 12.3. The Morgan fingerprint density at radius 2 is 1.75 bits per heavy atom. The van der Waals surface area contributed by atoms with E-state index in [2.05, 4.69) is 10.0 Å². The Morgan fingerprint density at radius 3 is 2.41 bits per heavy atom.